The summed E-state index contributed by atoms with van der Waals surface area (Å²) >= 11 is 0. The first-order chi connectivity index (χ1) is 8.67. The van der Waals surface area contributed by atoms with Gasteiger partial charge in [-0.25, -0.2) is 0 Å². The minimum absolute atomic E-state index is 0.389. The van der Waals surface area contributed by atoms with Crippen LogP contribution in [0.4, 0.5) is 0 Å². The zero-order valence-electron chi connectivity index (χ0n) is 12.1. The number of rotatable bonds is 5. The lowest BCUT2D eigenvalue weighted by Crippen LogP contribution is -2.47. The van der Waals surface area contributed by atoms with Gasteiger partial charge in [-0.05, 0) is 32.7 Å². The molecular weight excluding hydrogens is 228 g/mol. The Bertz CT molecular complexity index is 240. The van der Waals surface area contributed by atoms with E-state index in [9.17, 15) is 0 Å². The maximum Gasteiger partial charge on any atom is 0.0678 e. The summed E-state index contributed by atoms with van der Waals surface area (Å²) in [6.45, 7) is 12.2. The van der Waals surface area contributed by atoms with E-state index in [1.165, 1.54) is 26.1 Å². The third-order valence-electron chi connectivity index (χ3n) is 3.99. The van der Waals surface area contributed by atoms with Crippen molar-refractivity contribution in [2.24, 2.45) is 5.92 Å². The van der Waals surface area contributed by atoms with Crippen molar-refractivity contribution in [3.05, 3.63) is 0 Å². The second kappa shape index (κ2) is 6.85. The fourth-order valence-electron chi connectivity index (χ4n) is 3.28. The Labute approximate surface area is 111 Å². The molecule has 2 saturated heterocycles. The van der Waals surface area contributed by atoms with Crippen LogP contribution < -0.4 is 0 Å². The number of methoxy groups -OCH3 is 1. The summed E-state index contributed by atoms with van der Waals surface area (Å²) in [5, 5.41) is 0. The van der Waals surface area contributed by atoms with Crippen molar-refractivity contribution >= 4 is 0 Å². The van der Waals surface area contributed by atoms with Gasteiger partial charge in [0.2, 0.25) is 0 Å². The number of hydrogen-bond acceptors (Lipinski definition) is 4. The number of ether oxygens (including phenoxy) is 2. The lowest BCUT2D eigenvalue weighted by molar-refractivity contribution is -0.0711. The van der Waals surface area contributed by atoms with Gasteiger partial charge in [-0.3, -0.25) is 4.90 Å². The SMILES string of the molecule is COCCN1CC[C@H](CN2C[C@@H](C)O[C@@H](C)C2)C1. The number of hydrogen-bond donors (Lipinski definition) is 0. The predicted molar refractivity (Wildman–Crippen MR) is 72.9 cm³/mol. The van der Waals surface area contributed by atoms with Crippen LogP contribution in [0.3, 0.4) is 0 Å². The minimum Gasteiger partial charge on any atom is -0.383 e. The van der Waals surface area contributed by atoms with Gasteiger partial charge >= 0.3 is 0 Å². The van der Waals surface area contributed by atoms with E-state index in [4.69, 9.17) is 9.47 Å². The molecule has 18 heavy (non-hydrogen) atoms. The van der Waals surface area contributed by atoms with Gasteiger partial charge in [-0.15, -0.1) is 0 Å². The zero-order valence-corrected chi connectivity index (χ0v) is 12.1. The highest BCUT2D eigenvalue weighted by atomic mass is 16.5. The van der Waals surface area contributed by atoms with Gasteiger partial charge in [0.05, 0.1) is 18.8 Å². The summed E-state index contributed by atoms with van der Waals surface area (Å²) in [6, 6.07) is 0. The molecule has 3 atom stereocenters. The standard InChI is InChI=1S/C14H28N2O2/c1-12-8-16(9-13(2)18-12)11-14-4-5-15(10-14)6-7-17-3/h12-14H,4-11H2,1-3H3/t12-,13+,14-/m0/s1. The highest BCUT2D eigenvalue weighted by molar-refractivity contribution is 4.81. The molecule has 2 rings (SSSR count). The molecule has 2 fully saturated rings. The van der Waals surface area contributed by atoms with Crippen LogP contribution in [-0.2, 0) is 9.47 Å². The van der Waals surface area contributed by atoms with Crippen molar-refractivity contribution in [3.8, 4) is 0 Å². The largest absolute Gasteiger partial charge is 0.383 e. The number of morpholine rings is 1. The minimum atomic E-state index is 0.389. The molecule has 2 heterocycles. The van der Waals surface area contributed by atoms with Gasteiger partial charge in [-0.1, -0.05) is 0 Å². The van der Waals surface area contributed by atoms with Gasteiger partial charge in [0.1, 0.15) is 0 Å². The number of nitrogens with zero attached hydrogens (tertiary/aromatic N) is 2. The van der Waals surface area contributed by atoms with E-state index in [-0.39, 0.29) is 0 Å². The average molecular weight is 256 g/mol. The molecule has 0 radical (unpaired) electrons. The van der Waals surface area contributed by atoms with Crippen LogP contribution in [0.1, 0.15) is 20.3 Å². The molecule has 0 amide bonds. The Morgan fingerprint density at radius 3 is 2.50 bits per heavy atom. The van der Waals surface area contributed by atoms with E-state index in [2.05, 4.69) is 23.6 Å². The van der Waals surface area contributed by atoms with Crippen LogP contribution >= 0.6 is 0 Å². The molecule has 106 valence electrons. The highest BCUT2D eigenvalue weighted by Crippen LogP contribution is 2.19. The molecular formula is C14H28N2O2. The smallest absolute Gasteiger partial charge is 0.0678 e. The summed E-state index contributed by atoms with van der Waals surface area (Å²) < 4.78 is 10.9. The van der Waals surface area contributed by atoms with E-state index >= 15 is 0 Å². The maximum absolute atomic E-state index is 5.79. The molecule has 4 nitrogen and oxygen atoms in total. The van der Waals surface area contributed by atoms with Crippen LogP contribution in [0.2, 0.25) is 0 Å². The van der Waals surface area contributed by atoms with E-state index in [0.29, 0.717) is 12.2 Å². The van der Waals surface area contributed by atoms with Gasteiger partial charge in [-0.2, -0.15) is 0 Å². The summed E-state index contributed by atoms with van der Waals surface area (Å²) in [4.78, 5) is 5.12. The van der Waals surface area contributed by atoms with Gasteiger partial charge in [0, 0.05) is 39.8 Å². The fraction of sp³-hybridized carbons (Fsp3) is 1.00. The third-order valence-corrected chi connectivity index (χ3v) is 3.99. The van der Waals surface area contributed by atoms with Crippen LogP contribution in [0.5, 0.6) is 0 Å². The summed E-state index contributed by atoms with van der Waals surface area (Å²) in [5.41, 5.74) is 0. The van der Waals surface area contributed by atoms with Crippen LogP contribution in [-0.4, -0.2) is 75.0 Å². The van der Waals surface area contributed by atoms with Crippen molar-refractivity contribution in [2.45, 2.75) is 32.5 Å². The fourth-order valence-corrected chi connectivity index (χ4v) is 3.28. The Hall–Kier alpha value is -0.160. The zero-order chi connectivity index (χ0) is 13.0. The Balaban J connectivity index is 1.70. The van der Waals surface area contributed by atoms with Gasteiger partial charge in [0.25, 0.3) is 0 Å². The van der Waals surface area contributed by atoms with Crippen molar-refractivity contribution in [3.63, 3.8) is 0 Å². The second-order valence-electron chi connectivity index (χ2n) is 5.92. The van der Waals surface area contributed by atoms with E-state index in [0.717, 1.165) is 32.2 Å². The molecule has 2 aliphatic heterocycles. The van der Waals surface area contributed by atoms with Crippen LogP contribution in [0, 0.1) is 5.92 Å². The first-order valence-corrected chi connectivity index (χ1v) is 7.26. The number of likely N-dealkylation sites (tertiary alicyclic amines) is 1. The molecule has 0 unspecified atom stereocenters. The van der Waals surface area contributed by atoms with Crippen LogP contribution in [0.15, 0.2) is 0 Å². The van der Waals surface area contributed by atoms with Crippen molar-refractivity contribution in [2.75, 3.05) is 53.0 Å². The first-order valence-electron chi connectivity index (χ1n) is 7.26. The summed E-state index contributed by atoms with van der Waals surface area (Å²) in [7, 11) is 1.78. The quantitative estimate of drug-likeness (QED) is 0.734. The topological polar surface area (TPSA) is 24.9 Å². The van der Waals surface area contributed by atoms with Crippen LogP contribution in [0.25, 0.3) is 0 Å². The molecule has 0 saturated carbocycles. The van der Waals surface area contributed by atoms with E-state index in [1.54, 1.807) is 7.11 Å². The average Bonchev–Trinajstić information content (AvgIpc) is 2.72. The van der Waals surface area contributed by atoms with Crippen molar-refractivity contribution in [1.82, 2.24) is 9.80 Å². The molecule has 0 aliphatic carbocycles. The lowest BCUT2D eigenvalue weighted by atomic mass is 10.1. The monoisotopic (exact) mass is 256 g/mol. The maximum atomic E-state index is 5.79. The van der Waals surface area contributed by atoms with Crippen molar-refractivity contribution < 1.29 is 9.47 Å². The van der Waals surface area contributed by atoms with Gasteiger partial charge in [0.15, 0.2) is 0 Å². The third kappa shape index (κ3) is 4.19. The molecule has 4 heteroatoms. The van der Waals surface area contributed by atoms with E-state index < -0.39 is 0 Å². The molecule has 0 aromatic rings. The molecule has 2 aliphatic rings. The molecule has 0 bridgehead atoms. The summed E-state index contributed by atoms with van der Waals surface area (Å²) in [5.74, 6) is 0.833. The molecule has 0 aromatic carbocycles. The normalized spacial score (nSPS) is 35.2. The van der Waals surface area contributed by atoms with Crippen molar-refractivity contribution in [1.29, 1.82) is 0 Å². The molecule has 0 spiro atoms. The predicted octanol–water partition coefficient (Wildman–Crippen LogP) is 1.06. The summed E-state index contributed by atoms with van der Waals surface area (Å²) in [6.07, 6.45) is 2.11. The first kappa shape index (κ1) is 14.3. The highest BCUT2D eigenvalue weighted by Gasteiger charge is 2.28. The lowest BCUT2D eigenvalue weighted by Gasteiger charge is -2.36. The second-order valence-corrected chi connectivity index (χ2v) is 5.92. The molecule has 0 aromatic heterocycles. The molecule has 0 N–H and O–H groups in total. The van der Waals surface area contributed by atoms with Gasteiger partial charge < -0.3 is 14.4 Å². The van der Waals surface area contributed by atoms with E-state index in [1.807, 2.05) is 0 Å². The Kier molecular flexibility index (Phi) is 5.42. The Morgan fingerprint density at radius 2 is 1.83 bits per heavy atom. The Morgan fingerprint density at radius 1 is 1.11 bits per heavy atom.